The van der Waals surface area contributed by atoms with Gasteiger partial charge >= 0.3 is 6.18 Å². The van der Waals surface area contributed by atoms with Gasteiger partial charge in [-0.1, -0.05) is 13.3 Å². The van der Waals surface area contributed by atoms with Gasteiger partial charge in [-0.2, -0.15) is 13.2 Å². The summed E-state index contributed by atoms with van der Waals surface area (Å²) in [6.45, 7) is 1.59. The van der Waals surface area contributed by atoms with Crippen molar-refractivity contribution >= 4 is 11.6 Å². The molecule has 0 aromatic carbocycles. The van der Waals surface area contributed by atoms with Gasteiger partial charge in [0.2, 0.25) is 0 Å². The predicted molar refractivity (Wildman–Crippen MR) is 42.2 cm³/mol. The first kappa shape index (κ1) is 10.2. The minimum Gasteiger partial charge on any atom is -0.171 e. The summed E-state index contributed by atoms with van der Waals surface area (Å²) in [5.41, 5.74) is 0. The van der Waals surface area contributed by atoms with Crippen molar-refractivity contribution in [2.45, 2.75) is 37.7 Å². The van der Waals surface area contributed by atoms with Gasteiger partial charge in [-0.25, -0.2) is 0 Å². The lowest BCUT2D eigenvalue weighted by Gasteiger charge is -2.33. The number of hydrogen-bond donors (Lipinski definition) is 0. The van der Waals surface area contributed by atoms with Crippen LogP contribution < -0.4 is 0 Å². The summed E-state index contributed by atoms with van der Waals surface area (Å²) in [7, 11) is 0. The Balaban J connectivity index is 2.64. The Morgan fingerprint density at radius 2 is 1.83 bits per heavy atom. The van der Waals surface area contributed by atoms with Gasteiger partial charge in [0.1, 0.15) is 0 Å². The second kappa shape index (κ2) is 3.44. The fraction of sp³-hybridized carbons (Fsp3) is 1.00. The first-order valence-electron chi connectivity index (χ1n) is 4.13. The van der Waals surface area contributed by atoms with E-state index in [1.807, 2.05) is 0 Å². The van der Waals surface area contributed by atoms with Crippen LogP contribution in [0.25, 0.3) is 0 Å². The van der Waals surface area contributed by atoms with E-state index in [4.69, 9.17) is 11.6 Å². The van der Waals surface area contributed by atoms with Crippen LogP contribution in [0.1, 0.15) is 26.2 Å². The smallest absolute Gasteiger partial charge is 0.171 e. The Kier molecular flexibility index (Phi) is 2.92. The molecule has 0 N–H and O–H groups in total. The van der Waals surface area contributed by atoms with Crippen molar-refractivity contribution in [3.8, 4) is 0 Å². The molecule has 0 aromatic rings. The summed E-state index contributed by atoms with van der Waals surface area (Å²) in [5, 5.41) is -0.301. The van der Waals surface area contributed by atoms with Crippen LogP contribution in [0.4, 0.5) is 13.2 Å². The fourth-order valence-electron chi connectivity index (χ4n) is 1.77. The monoisotopic (exact) mass is 200 g/mol. The lowest BCUT2D eigenvalue weighted by atomic mass is 9.80. The molecular formula is C8H12ClF3. The molecule has 1 fully saturated rings. The standard InChI is InChI=1S/C8H12ClF3/c1-5-6(8(10,11)12)3-2-4-7(5)9/h5-7H,2-4H2,1H3. The molecule has 0 heterocycles. The molecule has 12 heavy (non-hydrogen) atoms. The molecule has 0 radical (unpaired) electrons. The van der Waals surface area contributed by atoms with Gasteiger partial charge in [0, 0.05) is 5.38 Å². The van der Waals surface area contributed by atoms with Crippen LogP contribution in [0.2, 0.25) is 0 Å². The summed E-state index contributed by atoms with van der Waals surface area (Å²) in [6.07, 6.45) is -2.50. The lowest BCUT2D eigenvalue weighted by molar-refractivity contribution is -0.193. The SMILES string of the molecule is CC1C(Cl)CCCC1C(F)(F)F. The normalized spacial score (nSPS) is 38.2. The molecule has 3 atom stereocenters. The summed E-state index contributed by atoms with van der Waals surface area (Å²) < 4.78 is 36.9. The van der Waals surface area contributed by atoms with Gasteiger partial charge in [-0.15, -0.1) is 11.6 Å². The van der Waals surface area contributed by atoms with E-state index in [2.05, 4.69) is 0 Å². The second-order valence-electron chi connectivity index (χ2n) is 3.45. The number of halogens is 4. The first-order chi connectivity index (χ1) is 5.43. The first-order valence-corrected chi connectivity index (χ1v) is 4.57. The van der Waals surface area contributed by atoms with Crippen molar-refractivity contribution in [1.29, 1.82) is 0 Å². The van der Waals surface area contributed by atoms with Crippen LogP contribution in [-0.2, 0) is 0 Å². The highest BCUT2D eigenvalue weighted by Gasteiger charge is 2.46. The Bertz CT molecular complexity index is 155. The van der Waals surface area contributed by atoms with Crippen molar-refractivity contribution in [3.05, 3.63) is 0 Å². The molecule has 4 heteroatoms. The van der Waals surface area contributed by atoms with Crippen LogP contribution in [0, 0.1) is 11.8 Å². The van der Waals surface area contributed by atoms with E-state index in [9.17, 15) is 13.2 Å². The number of rotatable bonds is 0. The Labute approximate surface area is 75.1 Å². The maximum absolute atomic E-state index is 12.3. The summed E-state index contributed by atoms with van der Waals surface area (Å²) in [6, 6.07) is 0. The average molecular weight is 201 g/mol. The number of hydrogen-bond acceptors (Lipinski definition) is 0. The topological polar surface area (TPSA) is 0 Å². The van der Waals surface area contributed by atoms with E-state index < -0.39 is 18.0 Å². The fourth-order valence-corrected chi connectivity index (χ4v) is 2.10. The van der Waals surface area contributed by atoms with Gasteiger partial charge in [0.15, 0.2) is 0 Å². The van der Waals surface area contributed by atoms with Gasteiger partial charge in [0.05, 0.1) is 5.92 Å². The van der Waals surface area contributed by atoms with Crippen LogP contribution >= 0.6 is 11.6 Å². The molecule has 1 aliphatic rings. The molecule has 0 nitrogen and oxygen atoms in total. The zero-order chi connectivity index (χ0) is 9.35. The van der Waals surface area contributed by atoms with Crippen molar-refractivity contribution in [2.75, 3.05) is 0 Å². The molecule has 0 spiro atoms. The summed E-state index contributed by atoms with van der Waals surface area (Å²) in [5.74, 6) is -1.62. The minimum absolute atomic E-state index is 0.244. The van der Waals surface area contributed by atoms with Crippen molar-refractivity contribution in [3.63, 3.8) is 0 Å². The van der Waals surface area contributed by atoms with Crippen LogP contribution in [0.3, 0.4) is 0 Å². The largest absolute Gasteiger partial charge is 0.392 e. The molecule has 0 aliphatic heterocycles. The Hall–Kier alpha value is 0.0800. The van der Waals surface area contributed by atoms with Gasteiger partial charge in [0.25, 0.3) is 0 Å². The predicted octanol–water partition coefficient (Wildman–Crippen LogP) is 3.59. The second-order valence-corrected chi connectivity index (χ2v) is 4.01. The van der Waals surface area contributed by atoms with E-state index in [1.165, 1.54) is 0 Å². The molecule has 0 aromatic heterocycles. The minimum atomic E-state index is -4.06. The molecule has 3 unspecified atom stereocenters. The molecule has 1 rings (SSSR count). The molecular weight excluding hydrogens is 189 g/mol. The van der Waals surface area contributed by atoms with Gasteiger partial charge in [-0.3, -0.25) is 0 Å². The van der Waals surface area contributed by atoms with E-state index in [0.29, 0.717) is 6.42 Å². The summed E-state index contributed by atoms with van der Waals surface area (Å²) >= 11 is 5.77. The highest BCUT2D eigenvalue weighted by atomic mass is 35.5. The Morgan fingerprint density at radius 3 is 2.25 bits per heavy atom. The molecule has 1 saturated carbocycles. The van der Waals surface area contributed by atoms with E-state index >= 15 is 0 Å². The third kappa shape index (κ3) is 2.06. The van der Waals surface area contributed by atoms with E-state index in [0.717, 1.165) is 6.42 Å². The van der Waals surface area contributed by atoms with Crippen LogP contribution in [-0.4, -0.2) is 11.6 Å². The average Bonchev–Trinajstić information content (AvgIpc) is 1.92. The van der Waals surface area contributed by atoms with Gasteiger partial charge in [-0.05, 0) is 18.8 Å². The third-order valence-electron chi connectivity index (χ3n) is 2.62. The maximum Gasteiger partial charge on any atom is 0.392 e. The van der Waals surface area contributed by atoms with E-state index in [1.54, 1.807) is 6.92 Å². The molecule has 0 bridgehead atoms. The highest BCUT2D eigenvalue weighted by molar-refractivity contribution is 6.20. The maximum atomic E-state index is 12.3. The zero-order valence-electron chi connectivity index (χ0n) is 6.87. The quantitative estimate of drug-likeness (QED) is 0.525. The summed E-state index contributed by atoms with van der Waals surface area (Å²) in [4.78, 5) is 0. The van der Waals surface area contributed by atoms with E-state index in [-0.39, 0.29) is 11.8 Å². The van der Waals surface area contributed by atoms with Crippen LogP contribution in [0.5, 0.6) is 0 Å². The van der Waals surface area contributed by atoms with Crippen LogP contribution in [0.15, 0.2) is 0 Å². The van der Waals surface area contributed by atoms with Gasteiger partial charge < -0.3 is 0 Å². The lowest BCUT2D eigenvalue weighted by Crippen LogP contribution is -2.36. The van der Waals surface area contributed by atoms with Crippen molar-refractivity contribution in [1.82, 2.24) is 0 Å². The number of alkyl halides is 4. The molecule has 0 amide bonds. The molecule has 72 valence electrons. The zero-order valence-corrected chi connectivity index (χ0v) is 7.62. The molecule has 1 aliphatic carbocycles. The Morgan fingerprint density at radius 1 is 1.25 bits per heavy atom. The molecule has 0 saturated heterocycles. The third-order valence-corrected chi connectivity index (χ3v) is 3.24. The van der Waals surface area contributed by atoms with Crippen molar-refractivity contribution < 1.29 is 13.2 Å². The van der Waals surface area contributed by atoms with Crippen molar-refractivity contribution in [2.24, 2.45) is 11.8 Å². The highest BCUT2D eigenvalue weighted by Crippen LogP contribution is 2.42.